The van der Waals surface area contributed by atoms with Crippen molar-refractivity contribution in [2.24, 2.45) is 11.8 Å². The molecule has 0 aliphatic carbocycles. The molecule has 238 valence electrons. The number of amides is 2. The number of aromatic nitrogens is 4. The van der Waals surface area contributed by atoms with Gasteiger partial charge in [0.1, 0.15) is 18.0 Å². The van der Waals surface area contributed by atoms with Gasteiger partial charge < -0.3 is 34.7 Å². The minimum absolute atomic E-state index is 0.0632. The van der Waals surface area contributed by atoms with Gasteiger partial charge in [-0.1, -0.05) is 25.6 Å². The van der Waals surface area contributed by atoms with Crippen LogP contribution in [0.1, 0.15) is 60.3 Å². The van der Waals surface area contributed by atoms with Crippen LogP contribution >= 0.6 is 27.7 Å². The lowest BCUT2D eigenvalue weighted by Crippen LogP contribution is -2.52. The predicted molar refractivity (Wildman–Crippen MR) is 171 cm³/mol. The lowest BCUT2D eigenvalue weighted by molar-refractivity contribution is -0.135. The summed E-state index contributed by atoms with van der Waals surface area (Å²) in [5, 5.41) is 3.56. The van der Waals surface area contributed by atoms with Crippen molar-refractivity contribution in [3.8, 4) is 11.5 Å². The Labute approximate surface area is 269 Å². The highest BCUT2D eigenvalue weighted by Gasteiger charge is 2.32. The summed E-state index contributed by atoms with van der Waals surface area (Å²) in [5.41, 5.74) is 6.77. The number of nitrogens with zero attached hydrogens (tertiary/aromatic N) is 5. The van der Waals surface area contributed by atoms with E-state index >= 15 is 0 Å². The number of rotatable bonds is 9. The monoisotopic (exact) mass is 689 g/mol. The van der Waals surface area contributed by atoms with E-state index in [9.17, 15) is 9.59 Å². The van der Waals surface area contributed by atoms with Crippen LogP contribution in [0.4, 0.5) is 10.6 Å². The number of nitrogen functional groups attached to an aromatic ring is 1. The van der Waals surface area contributed by atoms with E-state index < -0.39 is 17.7 Å². The number of benzene rings is 1. The fraction of sp³-hybridized carbons (Fsp3) is 0.567. The van der Waals surface area contributed by atoms with Crippen LogP contribution < -0.4 is 20.5 Å². The molecular formula is C30H40BrN7O5S. The van der Waals surface area contributed by atoms with E-state index in [1.165, 1.54) is 18.1 Å². The van der Waals surface area contributed by atoms with Crippen LogP contribution in [0.2, 0.25) is 0 Å². The second kappa shape index (κ2) is 13.4. The zero-order valence-corrected chi connectivity index (χ0v) is 28.2. The number of likely N-dealkylation sites (tertiary alicyclic amines) is 1. The topological polar surface area (TPSA) is 147 Å². The first-order valence-electron chi connectivity index (χ1n) is 14.9. The second-order valence-electron chi connectivity index (χ2n) is 12.6. The summed E-state index contributed by atoms with van der Waals surface area (Å²) >= 11 is 5.13. The number of carbonyl (C=O) groups is 2. The Balaban J connectivity index is 1.30. The van der Waals surface area contributed by atoms with E-state index in [-0.39, 0.29) is 24.5 Å². The van der Waals surface area contributed by atoms with Gasteiger partial charge in [0, 0.05) is 29.0 Å². The molecule has 0 radical (unpaired) electrons. The Morgan fingerprint density at radius 1 is 1.23 bits per heavy atom. The van der Waals surface area contributed by atoms with Crippen LogP contribution in [-0.4, -0.2) is 67.9 Å². The molecule has 2 aromatic heterocycles. The molecule has 4 heterocycles. The SMILES string of the molecule is CC(C)C[C@H](NC(=O)OC(C)(C)C)C(=O)N1CCCC(CCn2c(Sc3cc4c(cc3Br)OCO4)nc3c(N)ncnc32)C1. The molecule has 3 aromatic rings. The third-order valence-corrected chi connectivity index (χ3v) is 9.41. The summed E-state index contributed by atoms with van der Waals surface area (Å²) in [4.78, 5) is 42.5. The number of carbonyl (C=O) groups excluding carboxylic acids is 2. The van der Waals surface area contributed by atoms with Gasteiger partial charge >= 0.3 is 6.09 Å². The maximum absolute atomic E-state index is 13.7. The molecule has 0 bridgehead atoms. The van der Waals surface area contributed by atoms with E-state index in [1.807, 2.05) is 51.7 Å². The highest BCUT2D eigenvalue weighted by atomic mass is 79.9. The standard InChI is InChI=1S/C30H40BrN7O5S/c1-17(2)11-20(35-29(40)43-30(3,4)5)27(39)37-9-6-7-18(14-37)8-10-38-26-24(25(32)33-15-34-26)36-28(38)44-23-13-22-21(12-19(23)31)41-16-42-22/h12-13,15,17-18,20H,6-11,14,16H2,1-5H3,(H,35,40)(H2,32,33,34)/t18?,20-/m0/s1. The number of piperidine rings is 1. The third-order valence-electron chi connectivity index (χ3n) is 7.44. The van der Waals surface area contributed by atoms with Gasteiger partial charge in [0.25, 0.3) is 0 Å². The molecule has 2 atom stereocenters. The van der Waals surface area contributed by atoms with Crippen molar-refractivity contribution < 1.29 is 23.8 Å². The van der Waals surface area contributed by atoms with Crippen LogP contribution in [0.3, 0.4) is 0 Å². The van der Waals surface area contributed by atoms with Crippen LogP contribution in [0.25, 0.3) is 11.2 Å². The maximum atomic E-state index is 13.7. The van der Waals surface area contributed by atoms with Gasteiger partial charge in [0.2, 0.25) is 12.7 Å². The number of nitrogens with one attached hydrogen (secondary N) is 1. The smallest absolute Gasteiger partial charge is 0.408 e. The molecule has 0 spiro atoms. The lowest BCUT2D eigenvalue weighted by Gasteiger charge is -2.36. The molecule has 1 fully saturated rings. The molecule has 1 unspecified atom stereocenters. The molecule has 2 amide bonds. The largest absolute Gasteiger partial charge is 0.454 e. The predicted octanol–water partition coefficient (Wildman–Crippen LogP) is 5.62. The zero-order chi connectivity index (χ0) is 31.6. The molecule has 3 N–H and O–H groups in total. The number of nitrogens with two attached hydrogens (primary N) is 1. The number of halogens is 1. The summed E-state index contributed by atoms with van der Waals surface area (Å²) in [5.74, 6) is 2.12. The van der Waals surface area contributed by atoms with Crippen molar-refractivity contribution in [1.29, 1.82) is 0 Å². The highest BCUT2D eigenvalue weighted by molar-refractivity contribution is 9.10. The number of alkyl carbamates (subject to hydrolysis) is 1. The number of aryl methyl sites for hydroxylation is 1. The van der Waals surface area contributed by atoms with Gasteiger partial charge in [-0.15, -0.1) is 0 Å². The average molecular weight is 691 g/mol. The van der Waals surface area contributed by atoms with Gasteiger partial charge in [-0.25, -0.2) is 19.7 Å². The van der Waals surface area contributed by atoms with E-state index in [0.29, 0.717) is 54.5 Å². The normalized spacial score (nSPS) is 17.2. The van der Waals surface area contributed by atoms with Crippen molar-refractivity contribution in [3.63, 3.8) is 0 Å². The third kappa shape index (κ3) is 7.68. The van der Waals surface area contributed by atoms with Gasteiger partial charge in [0.15, 0.2) is 33.6 Å². The molecule has 0 saturated carbocycles. The first-order valence-corrected chi connectivity index (χ1v) is 16.5. The number of anilines is 1. The van der Waals surface area contributed by atoms with Gasteiger partial charge in [-0.2, -0.15) is 0 Å². The lowest BCUT2D eigenvalue weighted by atomic mass is 9.93. The molecule has 2 aliphatic heterocycles. The van der Waals surface area contributed by atoms with Gasteiger partial charge in [-0.3, -0.25) is 4.79 Å². The maximum Gasteiger partial charge on any atom is 0.408 e. The molecule has 12 nitrogen and oxygen atoms in total. The minimum atomic E-state index is -0.644. The number of hydrogen-bond donors (Lipinski definition) is 2. The van der Waals surface area contributed by atoms with Crippen LogP contribution in [0.15, 0.2) is 33.0 Å². The van der Waals surface area contributed by atoms with Crippen molar-refractivity contribution in [2.45, 2.75) is 88.5 Å². The van der Waals surface area contributed by atoms with E-state index in [1.54, 1.807) is 0 Å². The van der Waals surface area contributed by atoms with Crippen molar-refractivity contribution in [2.75, 3.05) is 25.6 Å². The fourth-order valence-electron chi connectivity index (χ4n) is 5.46. The minimum Gasteiger partial charge on any atom is -0.454 e. The van der Waals surface area contributed by atoms with Crippen LogP contribution in [0.5, 0.6) is 11.5 Å². The number of imidazole rings is 1. The molecule has 2 aliphatic rings. The summed E-state index contributed by atoms with van der Waals surface area (Å²) < 4.78 is 19.5. The average Bonchev–Trinajstić information content (AvgIpc) is 3.54. The summed E-state index contributed by atoms with van der Waals surface area (Å²) in [6.45, 7) is 11.6. The first-order chi connectivity index (χ1) is 20.9. The fourth-order valence-corrected chi connectivity index (χ4v) is 6.97. The Hall–Kier alpha value is -3.26. The summed E-state index contributed by atoms with van der Waals surface area (Å²) in [6.07, 6.45) is 4.12. The zero-order valence-electron chi connectivity index (χ0n) is 25.8. The van der Waals surface area contributed by atoms with Gasteiger partial charge in [0.05, 0.1) is 0 Å². The highest BCUT2D eigenvalue weighted by Crippen LogP contribution is 2.43. The van der Waals surface area contributed by atoms with Crippen molar-refractivity contribution in [1.82, 2.24) is 29.7 Å². The summed E-state index contributed by atoms with van der Waals surface area (Å²) in [6, 6.07) is 3.19. The molecule has 14 heteroatoms. The van der Waals surface area contributed by atoms with Gasteiger partial charge in [-0.05, 0) is 86.4 Å². The quantitative estimate of drug-likeness (QED) is 0.290. The van der Waals surface area contributed by atoms with Crippen LogP contribution in [0, 0.1) is 11.8 Å². The molecule has 5 rings (SSSR count). The number of fused-ring (bicyclic) bond motifs is 2. The summed E-state index contributed by atoms with van der Waals surface area (Å²) in [7, 11) is 0. The molecule has 1 aromatic carbocycles. The van der Waals surface area contributed by atoms with E-state index in [2.05, 4.69) is 35.8 Å². The Morgan fingerprint density at radius 3 is 2.70 bits per heavy atom. The van der Waals surface area contributed by atoms with Crippen molar-refractivity contribution in [3.05, 3.63) is 22.9 Å². The van der Waals surface area contributed by atoms with Crippen LogP contribution in [-0.2, 0) is 16.1 Å². The Bertz CT molecular complexity index is 1530. The number of ether oxygens (including phenoxy) is 3. The second-order valence-corrected chi connectivity index (χ2v) is 14.5. The molecular weight excluding hydrogens is 650 g/mol. The van der Waals surface area contributed by atoms with E-state index in [4.69, 9.17) is 24.9 Å². The first kappa shape index (κ1) is 32.1. The Morgan fingerprint density at radius 2 is 1.98 bits per heavy atom. The molecule has 1 saturated heterocycles. The van der Waals surface area contributed by atoms with E-state index in [0.717, 1.165) is 33.8 Å². The number of hydrogen-bond acceptors (Lipinski definition) is 10. The molecule has 44 heavy (non-hydrogen) atoms. The Kier molecular flexibility index (Phi) is 9.78. The van der Waals surface area contributed by atoms with Crippen molar-refractivity contribution >= 4 is 56.7 Å².